The van der Waals surface area contributed by atoms with E-state index in [1.165, 1.54) is 11.3 Å². The first kappa shape index (κ1) is 17.9. The Morgan fingerprint density at radius 3 is 2.71 bits per heavy atom. The summed E-state index contributed by atoms with van der Waals surface area (Å²) in [4.78, 5) is 4.59. The monoisotopic (exact) mass is 391 g/mol. The molecule has 1 aromatic heterocycles. The zero-order valence-electron chi connectivity index (χ0n) is 15.1. The van der Waals surface area contributed by atoms with Gasteiger partial charge in [0.25, 0.3) is 0 Å². The van der Waals surface area contributed by atoms with Crippen LogP contribution >= 0.6 is 11.3 Å². The van der Waals surface area contributed by atoms with E-state index in [1.807, 2.05) is 47.8 Å². The van der Waals surface area contributed by atoms with Crippen molar-refractivity contribution >= 4 is 22.6 Å². The molecule has 2 aromatic carbocycles. The first-order chi connectivity index (χ1) is 13.8. The van der Waals surface area contributed by atoms with Crippen molar-refractivity contribution in [3.63, 3.8) is 0 Å². The Morgan fingerprint density at radius 2 is 1.96 bits per heavy atom. The topological polar surface area (TPSA) is 76.4 Å². The quantitative estimate of drug-likeness (QED) is 0.642. The molecule has 0 amide bonds. The van der Waals surface area contributed by atoms with Gasteiger partial charge in [0.2, 0.25) is 0 Å². The summed E-state index contributed by atoms with van der Waals surface area (Å²) in [6.07, 6.45) is 1.65. The number of hydrogen-bond acceptors (Lipinski definition) is 7. The fourth-order valence-electron chi connectivity index (χ4n) is 2.72. The van der Waals surface area contributed by atoms with E-state index in [0.29, 0.717) is 29.5 Å². The van der Waals surface area contributed by atoms with Gasteiger partial charge in [0.05, 0.1) is 12.8 Å². The van der Waals surface area contributed by atoms with Crippen LogP contribution in [0.5, 0.6) is 17.2 Å². The second-order valence-electron chi connectivity index (χ2n) is 5.94. The molecule has 0 spiro atoms. The molecule has 0 radical (unpaired) electrons. The molecule has 2 heterocycles. The highest BCUT2D eigenvalue weighted by atomic mass is 32.1. The SMILES string of the molecule is COc1ccc(-c2csc(C(C#N)=CNc3ccc4c(c3)OCCO4)n2)cc1. The van der Waals surface area contributed by atoms with Crippen LogP contribution < -0.4 is 19.5 Å². The third-order valence-electron chi connectivity index (χ3n) is 4.17. The van der Waals surface area contributed by atoms with Gasteiger partial charge in [-0.2, -0.15) is 5.26 Å². The Bertz CT molecular complexity index is 1050. The molecule has 6 nitrogen and oxygen atoms in total. The number of rotatable bonds is 5. The highest BCUT2D eigenvalue weighted by molar-refractivity contribution is 7.11. The highest BCUT2D eigenvalue weighted by Gasteiger charge is 2.12. The minimum Gasteiger partial charge on any atom is -0.497 e. The van der Waals surface area contributed by atoms with E-state index in [2.05, 4.69) is 16.4 Å². The summed E-state index contributed by atoms with van der Waals surface area (Å²) < 4.78 is 16.3. The Morgan fingerprint density at radius 1 is 1.18 bits per heavy atom. The van der Waals surface area contributed by atoms with Gasteiger partial charge in [-0.1, -0.05) is 0 Å². The van der Waals surface area contributed by atoms with E-state index in [1.54, 1.807) is 13.3 Å². The largest absolute Gasteiger partial charge is 0.497 e. The number of nitriles is 1. The van der Waals surface area contributed by atoms with Crippen molar-refractivity contribution in [2.24, 2.45) is 0 Å². The molecule has 0 saturated heterocycles. The van der Waals surface area contributed by atoms with Crippen LogP contribution in [0.1, 0.15) is 5.01 Å². The van der Waals surface area contributed by atoms with Gasteiger partial charge in [0.15, 0.2) is 11.5 Å². The van der Waals surface area contributed by atoms with Crippen molar-refractivity contribution < 1.29 is 14.2 Å². The summed E-state index contributed by atoms with van der Waals surface area (Å²) in [6.45, 7) is 1.09. The normalized spacial score (nSPS) is 12.9. The number of thiazole rings is 1. The fraction of sp³-hybridized carbons (Fsp3) is 0.143. The minimum atomic E-state index is 0.458. The molecule has 0 fully saturated rings. The standard InChI is InChI=1S/C21H17N3O3S/c1-25-17-5-2-14(3-6-17)18-13-28-21(24-18)15(11-22)12-23-16-4-7-19-20(10-16)27-9-8-26-19/h2-7,10,12-13,23H,8-9H2,1H3. The highest BCUT2D eigenvalue weighted by Crippen LogP contribution is 2.33. The number of fused-ring (bicyclic) bond motifs is 1. The lowest BCUT2D eigenvalue weighted by Crippen LogP contribution is -2.15. The molecule has 4 rings (SSSR count). The fourth-order valence-corrected chi connectivity index (χ4v) is 3.52. The van der Waals surface area contributed by atoms with Crippen LogP contribution in [0.2, 0.25) is 0 Å². The summed E-state index contributed by atoms with van der Waals surface area (Å²) in [5.74, 6) is 2.21. The average Bonchev–Trinajstić information content (AvgIpc) is 3.24. The van der Waals surface area contributed by atoms with E-state index < -0.39 is 0 Å². The van der Waals surface area contributed by atoms with Gasteiger partial charge in [-0.3, -0.25) is 0 Å². The van der Waals surface area contributed by atoms with Crippen LogP contribution in [0.25, 0.3) is 16.8 Å². The van der Waals surface area contributed by atoms with Crippen LogP contribution in [0, 0.1) is 11.3 Å². The maximum Gasteiger partial charge on any atom is 0.163 e. The number of nitrogens with one attached hydrogen (secondary N) is 1. The van der Waals surface area contributed by atoms with E-state index in [-0.39, 0.29) is 0 Å². The number of hydrogen-bond donors (Lipinski definition) is 1. The van der Waals surface area contributed by atoms with Gasteiger partial charge in [0, 0.05) is 28.9 Å². The first-order valence-corrected chi connectivity index (χ1v) is 9.51. The van der Waals surface area contributed by atoms with Crippen LogP contribution in [-0.4, -0.2) is 25.3 Å². The van der Waals surface area contributed by atoms with Crippen molar-refractivity contribution in [1.82, 2.24) is 4.98 Å². The smallest absolute Gasteiger partial charge is 0.163 e. The van der Waals surface area contributed by atoms with E-state index in [4.69, 9.17) is 14.2 Å². The Hall–Kier alpha value is -3.50. The number of nitrogens with zero attached hydrogens (tertiary/aromatic N) is 2. The third-order valence-corrected chi connectivity index (χ3v) is 5.04. The number of anilines is 1. The molecular weight excluding hydrogens is 374 g/mol. The molecule has 0 saturated carbocycles. The summed E-state index contributed by atoms with van der Waals surface area (Å²) in [7, 11) is 1.63. The zero-order valence-corrected chi connectivity index (χ0v) is 16.0. The van der Waals surface area contributed by atoms with Crippen molar-refractivity contribution in [2.45, 2.75) is 0 Å². The molecule has 7 heteroatoms. The van der Waals surface area contributed by atoms with Crippen LogP contribution in [-0.2, 0) is 0 Å². The van der Waals surface area contributed by atoms with Crippen LogP contribution in [0.15, 0.2) is 54.0 Å². The molecule has 3 aromatic rings. The first-order valence-electron chi connectivity index (χ1n) is 8.63. The molecule has 140 valence electrons. The molecule has 28 heavy (non-hydrogen) atoms. The number of methoxy groups -OCH3 is 1. The molecule has 0 atom stereocenters. The molecular formula is C21H17N3O3S. The molecule has 0 aliphatic carbocycles. The Kier molecular flexibility index (Phi) is 5.13. The van der Waals surface area contributed by atoms with E-state index in [0.717, 1.165) is 28.4 Å². The van der Waals surface area contributed by atoms with Gasteiger partial charge in [0.1, 0.15) is 35.6 Å². The van der Waals surface area contributed by atoms with Crippen molar-refractivity contribution in [2.75, 3.05) is 25.6 Å². The van der Waals surface area contributed by atoms with Crippen molar-refractivity contribution in [3.8, 4) is 34.6 Å². The van der Waals surface area contributed by atoms with E-state index in [9.17, 15) is 5.26 Å². The molecule has 1 N–H and O–H groups in total. The number of aromatic nitrogens is 1. The predicted octanol–water partition coefficient (Wildman–Crippen LogP) is 4.57. The van der Waals surface area contributed by atoms with Gasteiger partial charge in [-0.15, -0.1) is 11.3 Å². The third kappa shape index (κ3) is 3.77. The summed E-state index contributed by atoms with van der Waals surface area (Å²) in [5, 5.41) is 15.3. The lowest BCUT2D eigenvalue weighted by Gasteiger charge is -2.18. The molecule has 0 bridgehead atoms. The zero-order chi connectivity index (χ0) is 19.3. The second kappa shape index (κ2) is 8.03. The van der Waals surface area contributed by atoms with Crippen LogP contribution in [0.3, 0.4) is 0 Å². The lowest BCUT2D eigenvalue weighted by molar-refractivity contribution is 0.171. The Labute approximate surface area is 166 Å². The summed E-state index contributed by atoms with van der Waals surface area (Å²) >= 11 is 1.43. The Balaban J connectivity index is 1.52. The molecule has 1 aliphatic heterocycles. The molecule has 0 unspecified atom stereocenters. The maximum absolute atomic E-state index is 9.54. The van der Waals surface area contributed by atoms with Gasteiger partial charge < -0.3 is 19.5 Å². The van der Waals surface area contributed by atoms with Crippen LogP contribution in [0.4, 0.5) is 5.69 Å². The van der Waals surface area contributed by atoms with Gasteiger partial charge in [-0.05, 0) is 36.4 Å². The number of allylic oxidation sites excluding steroid dienone is 1. The van der Waals surface area contributed by atoms with E-state index >= 15 is 0 Å². The lowest BCUT2D eigenvalue weighted by atomic mass is 10.2. The van der Waals surface area contributed by atoms with Crippen molar-refractivity contribution in [1.29, 1.82) is 5.26 Å². The summed E-state index contributed by atoms with van der Waals surface area (Å²) in [5.41, 5.74) is 3.06. The number of ether oxygens (including phenoxy) is 3. The van der Waals surface area contributed by atoms with Gasteiger partial charge >= 0.3 is 0 Å². The maximum atomic E-state index is 9.54. The predicted molar refractivity (Wildman–Crippen MR) is 109 cm³/mol. The van der Waals surface area contributed by atoms with Gasteiger partial charge in [-0.25, -0.2) is 4.98 Å². The molecule has 1 aliphatic rings. The second-order valence-corrected chi connectivity index (χ2v) is 6.80. The average molecular weight is 391 g/mol. The number of benzene rings is 2. The minimum absolute atomic E-state index is 0.458. The summed E-state index contributed by atoms with van der Waals surface area (Å²) in [6, 6.07) is 15.5. The van der Waals surface area contributed by atoms with Crippen molar-refractivity contribution in [3.05, 3.63) is 59.1 Å².